The Morgan fingerprint density at radius 2 is 1.24 bits per heavy atom. The molecule has 2 aromatic rings. The summed E-state index contributed by atoms with van der Waals surface area (Å²) in [4.78, 5) is 18.6. The van der Waals surface area contributed by atoms with Crippen molar-refractivity contribution in [3.63, 3.8) is 0 Å². The van der Waals surface area contributed by atoms with E-state index >= 15 is 0 Å². The molecule has 0 aliphatic carbocycles. The number of benzene rings is 1. The van der Waals surface area contributed by atoms with Gasteiger partial charge in [-0.25, -0.2) is 4.98 Å². The molecule has 11 nitrogen and oxygen atoms in total. The van der Waals surface area contributed by atoms with E-state index in [2.05, 4.69) is 43.1 Å². The quantitative estimate of drug-likeness (QED) is 0.0731. The van der Waals surface area contributed by atoms with Crippen molar-refractivity contribution in [3.8, 4) is 0 Å². The molecule has 286 valence electrons. The fraction of sp³-hybridized carbons (Fsp3) is 0.744. The van der Waals surface area contributed by atoms with Crippen LogP contribution in [0.1, 0.15) is 83.8 Å². The highest BCUT2D eigenvalue weighted by molar-refractivity contribution is 5.84. The molecule has 0 spiro atoms. The van der Waals surface area contributed by atoms with Gasteiger partial charge in [0, 0.05) is 11.9 Å². The van der Waals surface area contributed by atoms with Crippen LogP contribution >= 0.6 is 0 Å². The third kappa shape index (κ3) is 21.8. The van der Waals surface area contributed by atoms with E-state index in [1.54, 1.807) is 0 Å². The third-order valence-corrected chi connectivity index (χ3v) is 7.95. The molecule has 0 unspecified atom stereocenters. The zero-order valence-corrected chi connectivity index (χ0v) is 31.8. The van der Waals surface area contributed by atoms with Gasteiger partial charge in [-0.1, -0.05) is 38.3 Å². The second-order valence-corrected chi connectivity index (χ2v) is 13.6. The molecule has 0 amide bonds. The third-order valence-electron chi connectivity index (χ3n) is 7.95. The monoisotopic (exact) mass is 705 g/mol. The number of fused-ring (bicyclic) bond motifs is 1. The summed E-state index contributed by atoms with van der Waals surface area (Å²) in [5, 5.41) is 1.26. The second-order valence-electron chi connectivity index (χ2n) is 13.6. The fourth-order valence-electron chi connectivity index (χ4n) is 5.25. The summed E-state index contributed by atoms with van der Waals surface area (Å²) in [7, 11) is 2.16. The molecule has 11 heteroatoms. The number of unbranched alkanes of at least 4 members (excludes halogenated alkanes) is 4. The largest absolute Gasteiger partial charge is 0.460 e. The van der Waals surface area contributed by atoms with Crippen LogP contribution < -0.4 is 5.73 Å². The Bertz CT molecular complexity index is 1160. The molecule has 0 aliphatic rings. The molecule has 0 saturated heterocycles. The Balaban J connectivity index is 1.34. The molecule has 0 atom stereocenters. The van der Waals surface area contributed by atoms with Gasteiger partial charge in [0.1, 0.15) is 11.4 Å². The van der Waals surface area contributed by atoms with Gasteiger partial charge in [-0.15, -0.1) is 0 Å². The van der Waals surface area contributed by atoms with E-state index in [0.29, 0.717) is 85.1 Å². The zero-order chi connectivity index (χ0) is 36.3. The molecule has 1 aromatic carbocycles. The first-order valence-corrected chi connectivity index (χ1v) is 18.7. The summed E-state index contributed by atoms with van der Waals surface area (Å²) in [6.45, 7) is 15.8. The minimum Gasteiger partial charge on any atom is -0.460 e. The number of nitrogen functional groups attached to an aromatic ring is 1. The lowest BCUT2D eigenvalue weighted by molar-refractivity contribution is -0.156. The van der Waals surface area contributed by atoms with Crippen LogP contribution in [0.4, 0.5) is 5.82 Å². The standard InChI is InChI=1S/C39H67N3O8/c1-6-7-9-14-34-32-35-33(15-12-16-36(35)41-38(34)40)13-10-8-11-18-42(5)19-21-45-23-25-47-27-29-49-31-30-48-28-26-46-24-22-44-20-17-37(43)50-39(2,3)4/h12,15-16,32H,6-11,13-14,17-31H2,1-5H3,(H2,40,41). The number of rotatable bonds is 31. The van der Waals surface area contributed by atoms with Crippen LogP contribution in [0.25, 0.3) is 10.9 Å². The van der Waals surface area contributed by atoms with Gasteiger partial charge in [-0.2, -0.15) is 0 Å². The van der Waals surface area contributed by atoms with E-state index in [1.807, 2.05) is 20.8 Å². The van der Waals surface area contributed by atoms with Crippen molar-refractivity contribution in [1.29, 1.82) is 0 Å². The fourth-order valence-corrected chi connectivity index (χ4v) is 5.25. The van der Waals surface area contributed by atoms with Gasteiger partial charge in [0.15, 0.2) is 0 Å². The molecule has 0 bridgehead atoms. The summed E-state index contributed by atoms with van der Waals surface area (Å²) in [5.41, 5.74) is 9.37. The number of likely N-dealkylation sites (N-methyl/N-ethyl adjacent to an activating group) is 1. The summed E-state index contributed by atoms with van der Waals surface area (Å²) < 4.78 is 38.4. The van der Waals surface area contributed by atoms with Gasteiger partial charge >= 0.3 is 5.97 Å². The number of aryl methyl sites for hydroxylation is 2. The van der Waals surface area contributed by atoms with Crippen molar-refractivity contribution in [1.82, 2.24) is 9.88 Å². The molecular formula is C39H67N3O8. The molecule has 0 fully saturated rings. The van der Waals surface area contributed by atoms with Crippen LogP contribution in [0, 0.1) is 0 Å². The Hall–Kier alpha value is -2.38. The smallest absolute Gasteiger partial charge is 0.308 e. The van der Waals surface area contributed by atoms with Crippen molar-refractivity contribution in [2.24, 2.45) is 0 Å². The average molecular weight is 706 g/mol. The Kier molecular flexibility index (Phi) is 23.9. The summed E-state index contributed by atoms with van der Waals surface area (Å²) in [5.74, 6) is 0.426. The molecule has 50 heavy (non-hydrogen) atoms. The number of ether oxygens (including phenoxy) is 7. The van der Waals surface area contributed by atoms with Gasteiger partial charge < -0.3 is 43.8 Å². The lowest BCUT2D eigenvalue weighted by atomic mass is 9.99. The van der Waals surface area contributed by atoms with Gasteiger partial charge in [0.25, 0.3) is 0 Å². The van der Waals surface area contributed by atoms with Crippen LogP contribution in [0.5, 0.6) is 0 Å². The summed E-state index contributed by atoms with van der Waals surface area (Å²) >= 11 is 0. The van der Waals surface area contributed by atoms with E-state index in [9.17, 15) is 4.79 Å². The Labute approximate surface area is 301 Å². The van der Waals surface area contributed by atoms with E-state index in [1.165, 1.54) is 48.6 Å². The Morgan fingerprint density at radius 3 is 1.82 bits per heavy atom. The minimum atomic E-state index is -0.469. The highest BCUT2D eigenvalue weighted by atomic mass is 16.6. The van der Waals surface area contributed by atoms with E-state index < -0.39 is 5.60 Å². The van der Waals surface area contributed by atoms with Gasteiger partial charge in [-0.05, 0) is 89.7 Å². The van der Waals surface area contributed by atoms with E-state index in [0.717, 1.165) is 37.9 Å². The number of carbonyl (C=O) groups is 1. The molecule has 1 heterocycles. The predicted octanol–water partition coefficient (Wildman–Crippen LogP) is 6.03. The van der Waals surface area contributed by atoms with Gasteiger partial charge in [-0.3, -0.25) is 4.79 Å². The topological polar surface area (TPSA) is 124 Å². The van der Waals surface area contributed by atoms with Crippen molar-refractivity contribution < 1.29 is 38.0 Å². The number of anilines is 1. The number of hydrogen-bond acceptors (Lipinski definition) is 11. The lowest BCUT2D eigenvalue weighted by Crippen LogP contribution is -2.25. The molecule has 0 radical (unpaired) electrons. The lowest BCUT2D eigenvalue weighted by Gasteiger charge is -2.19. The molecule has 2 N–H and O–H groups in total. The van der Waals surface area contributed by atoms with Crippen molar-refractivity contribution in [2.45, 2.75) is 91.1 Å². The zero-order valence-electron chi connectivity index (χ0n) is 31.8. The second kappa shape index (κ2) is 27.3. The minimum absolute atomic E-state index is 0.239. The summed E-state index contributed by atoms with van der Waals surface area (Å²) in [6.07, 6.45) is 9.44. The maximum atomic E-state index is 11.6. The molecule has 1 aromatic heterocycles. The first-order valence-electron chi connectivity index (χ1n) is 18.7. The summed E-state index contributed by atoms with van der Waals surface area (Å²) in [6, 6.07) is 8.70. The van der Waals surface area contributed by atoms with Crippen LogP contribution in [0.15, 0.2) is 24.3 Å². The number of pyridine rings is 1. The highest BCUT2D eigenvalue weighted by Gasteiger charge is 2.15. The number of aromatic nitrogens is 1. The molecule has 0 aliphatic heterocycles. The van der Waals surface area contributed by atoms with Crippen molar-refractivity contribution in [2.75, 3.05) is 105 Å². The van der Waals surface area contributed by atoms with Crippen molar-refractivity contribution >= 4 is 22.7 Å². The molecule has 2 rings (SSSR count). The van der Waals surface area contributed by atoms with Crippen LogP contribution in [0.3, 0.4) is 0 Å². The normalized spacial score (nSPS) is 12.0. The average Bonchev–Trinajstić information content (AvgIpc) is 3.06. The van der Waals surface area contributed by atoms with Crippen molar-refractivity contribution in [3.05, 3.63) is 35.4 Å². The number of hydrogen-bond donors (Lipinski definition) is 1. The SMILES string of the molecule is CCCCCc1cc2c(CCCCCN(C)CCOCCOCCOCCOCCOCCOCCC(=O)OC(C)(C)C)cccc2nc1N. The number of esters is 1. The van der Waals surface area contributed by atoms with E-state index in [4.69, 9.17) is 43.9 Å². The van der Waals surface area contributed by atoms with Gasteiger partial charge in [0.2, 0.25) is 0 Å². The van der Waals surface area contributed by atoms with Crippen LogP contribution in [-0.4, -0.2) is 121 Å². The van der Waals surface area contributed by atoms with E-state index in [-0.39, 0.29) is 12.4 Å². The first kappa shape index (κ1) is 43.8. The highest BCUT2D eigenvalue weighted by Crippen LogP contribution is 2.25. The Morgan fingerprint density at radius 1 is 0.700 bits per heavy atom. The number of carbonyl (C=O) groups excluding carboxylic acids is 1. The maximum Gasteiger partial charge on any atom is 0.308 e. The van der Waals surface area contributed by atoms with Gasteiger partial charge in [0.05, 0.1) is 91.2 Å². The number of nitrogens with two attached hydrogens (primary N) is 1. The van der Waals surface area contributed by atoms with Crippen LogP contribution in [-0.2, 0) is 50.8 Å². The predicted molar refractivity (Wildman–Crippen MR) is 200 cm³/mol. The number of nitrogens with zero attached hydrogens (tertiary/aromatic N) is 2. The molecular weight excluding hydrogens is 638 g/mol. The van der Waals surface area contributed by atoms with Crippen LogP contribution in [0.2, 0.25) is 0 Å². The molecule has 0 saturated carbocycles. The first-order chi connectivity index (χ1) is 24.2. The maximum absolute atomic E-state index is 11.6.